The van der Waals surface area contributed by atoms with Crippen LogP contribution in [0, 0.1) is 0 Å². The van der Waals surface area contributed by atoms with Gasteiger partial charge in [0.25, 0.3) is 0 Å². The van der Waals surface area contributed by atoms with Crippen molar-refractivity contribution in [1.29, 1.82) is 0 Å². The number of nitrogens with zero attached hydrogens (tertiary/aromatic N) is 2. The minimum absolute atomic E-state index is 0.383. The highest BCUT2D eigenvalue weighted by atomic mass is 35.5. The first-order valence-corrected chi connectivity index (χ1v) is 8.22. The summed E-state index contributed by atoms with van der Waals surface area (Å²) in [5, 5.41) is 4.37. The second kappa shape index (κ2) is 7.56. The van der Waals surface area contributed by atoms with Gasteiger partial charge in [0.05, 0.1) is 13.2 Å². The molecule has 5 heteroatoms. The molecular weight excluding hydrogens is 286 g/mol. The SMILES string of the molecule is Clc1ccccc1C1CNCCN1CCN1CCOCC1. The van der Waals surface area contributed by atoms with Crippen molar-refractivity contribution >= 4 is 11.6 Å². The number of piperazine rings is 1. The van der Waals surface area contributed by atoms with E-state index in [9.17, 15) is 0 Å². The van der Waals surface area contributed by atoms with Gasteiger partial charge < -0.3 is 10.1 Å². The van der Waals surface area contributed by atoms with Crippen LogP contribution in [0.15, 0.2) is 24.3 Å². The van der Waals surface area contributed by atoms with E-state index in [0.717, 1.165) is 64.0 Å². The maximum Gasteiger partial charge on any atom is 0.0594 e. The Balaban J connectivity index is 1.62. The van der Waals surface area contributed by atoms with Gasteiger partial charge in [-0.2, -0.15) is 0 Å². The summed E-state index contributed by atoms with van der Waals surface area (Å²) in [6, 6.07) is 8.61. The van der Waals surface area contributed by atoms with Crippen LogP contribution >= 0.6 is 11.6 Å². The van der Waals surface area contributed by atoms with Crippen molar-refractivity contribution in [3.05, 3.63) is 34.9 Å². The standard InChI is InChI=1S/C16H24ClN3O/c17-15-4-2-1-3-14(15)16-13-18-5-6-20(16)8-7-19-9-11-21-12-10-19/h1-4,16,18H,5-13H2. The Morgan fingerprint density at radius 1 is 1.14 bits per heavy atom. The fourth-order valence-corrected chi connectivity index (χ4v) is 3.42. The number of hydrogen-bond acceptors (Lipinski definition) is 4. The lowest BCUT2D eigenvalue weighted by Gasteiger charge is -2.38. The molecule has 0 amide bonds. The van der Waals surface area contributed by atoms with E-state index < -0.39 is 0 Å². The molecule has 0 aromatic heterocycles. The van der Waals surface area contributed by atoms with E-state index in [0.29, 0.717) is 6.04 Å². The van der Waals surface area contributed by atoms with Crippen molar-refractivity contribution in [2.75, 3.05) is 59.0 Å². The van der Waals surface area contributed by atoms with Crippen molar-refractivity contribution in [2.24, 2.45) is 0 Å². The van der Waals surface area contributed by atoms with Crippen LogP contribution in [0.1, 0.15) is 11.6 Å². The number of nitrogens with one attached hydrogen (secondary N) is 1. The molecule has 116 valence electrons. The van der Waals surface area contributed by atoms with E-state index in [1.54, 1.807) is 0 Å². The Kier molecular flexibility index (Phi) is 5.49. The normalized spacial score (nSPS) is 25.1. The second-order valence-corrected chi connectivity index (χ2v) is 6.14. The minimum Gasteiger partial charge on any atom is -0.379 e. The Labute approximate surface area is 132 Å². The summed E-state index contributed by atoms with van der Waals surface area (Å²) in [5.74, 6) is 0. The zero-order valence-corrected chi connectivity index (χ0v) is 13.2. The van der Waals surface area contributed by atoms with Crippen LogP contribution in [0.5, 0.6) is 0 Å². The van der Waals surface area contributed by atoms with Gasteiger partial charge in [0, 0.05) is 56.9 Å². The molecule has 0 spiro atoms. The van der Waals surface area contributed by atoms with Gasteiger partial charge in [-0.1, -0.05) is 29.8 Å². The molecule has 3 rings (SSSR count). The molecule has 0 aliphatic carbocycles. The Bertz CT molecular complexity index is 451. The van der Waals surface area contributed by atoms with Gasteiger partial charge in [-0.15, -0.1) is 0 Å². The highest BCUT2D eigenvalue weighted by Gasteiger charge is 2.25. The molecule has 1 unspecified atom stereocenters. The van der Waals surface area contributed by atoms with Crippen LogP contribution in [0.4, 0.5) is 0 Å². The second-order valence-electron chi connectivity index (χ2n) is 5.73. The lowest BCUT2D eigenvalue weighted by atomic mass is 10.0. The molecule has 2 aliphatic rings. The molecule has 2 heterocycles. The van der Waals surface area contributed by atoms with Gasteiger partial charge in [0.15, 0.2) is 0 Å². The predicted molar refractivity (Wildman–Crippen MR) is 85.9 cm³/mol. The molecule has 1 N–H and O–H groups in total. The molecule has 1 aromatic carbocycles. The average Bonchev–Trinajstić information content (AvgIpc) is 2.55. The maximum absolute atomic E-state index is 6.39. The Hall–Kier alpha value is -0.650. The summed E-state index contributed by atoms with van der Waals surface area (Å²) in [4.78, 5) is 5.06. The van der Waals surface area contributed by atoms with Gasteiger partial charge in [0.1, 0.15) is 0 Å². The zero-order valence-electron chi connectivity index (χ0n) is 12.4. The molecule has 1 aromatic rings. The summed E-state index contributed by atoms with van der Waals surface area (Å²) < 4.78 is 5.41. The average molecular weight is 310 g/mol. The molecule has 4 nitrogen and oxygen atoms in total. The Morgan fingerprint density at radius 2 is 1.95 bits per heavy atom. The third-order valence-corrected chi connectivity index (χ3v) is 4.77. The van der Waals surface area contributed by atoms with Crippen LogP contribution in [0.3, 0.4) is 0 Å². The summed E-state index contributed by atoms with van der Waals surface area (Å²) in [5.41, 5.74) is 1.24. The summed E-state index contributed by atoms with van der Waals surface area (Å²) >= 11 is 6.39. The molecule has 0 bridgehead atoms. The van der Waals surface area contributed by atoms with Gasteiger partial charge >= 0.3 is 0 Å². The number of benzene rings is 1. The first-order valence-electron chi connectivity index (χ1n) is 7.84. The van der Waals surface area contributed by atoms with E-state index in [2.05, 4.69) is 27.2 Å². The van der Waals surface area contributed by atoms with Crippen molar-refractivity contribution in [3.63, 3.8) is 0 Å². The molecule has 2 saturated heterocycles. The minimum atomic E-state index is 0.383. The van der Waals surface area contributed by atoms with Crippen LogP contribution < -0.4 is 5.32 Å². The molecule has 1 atom stereocenters. The fourth-order valence-electron chi connectivity index (χ4n) is 3.16. The van der Waals surface area contributed by atoms with Gasteiger partial charge in [-0.25, -0.2) is 0 Å². The Morgan fingerprint density at radius 3 is 2.76 bits per heavy atom. The van der Waals surface area contributed by atoms with Crippen molar-refractivity contribution in [3.8, 4) is 0 Å². The zero-order chi connectivity index (χ0) is 14.5. The third kappa shape index (κ3) is 3.96. The van der Waals surface area contributed by atoms with Gasteiger partial charge in [0.2, 0.25) is 0 Å². The highest BCUT2D eigenvalue weighted by molar-refractivity contribution is 6.31. The lowest BCUT2D eigenvalue weighted by Crippen LogP contribution is -2.49. The summed E-state index contributed by atoms with van der Waals surface area (Å²) in [6.07, 6.45) is 0. The number of halogens is 1. The molecule has 0 radical (unpaired) electrons. The van der Waals surface area contributed by atoms with Crippen LogP contribution in [0.2, 0.25) is 5.02 Å². The predicted octanol–water partition coefficient (Wildman–Crippen LogP) is 1.62. The van der Waals surface area contributed by atoms with E-state index in [1.807, 2.05) is 12.1 Å². The number of ether oxygens (including phenoxy) is 1. The quantitative estimate of drug-likeness (QED) is 0.915. The van der Waals surface area contributed by atoms with Gasteiger partial charge in [-0.3, -0.25) is 9.80 Å². The molecule has 2 aliphatic heterocycles. The van der Waals surface area contributed by atoms with E-state index in [4.69, 9.17) is 16.3 Å². The first kappa shape index (κ1) is 15.3. The largest absolute Gasteiger partial charge is 0.379 e. The van der Waals surface area contributed by atoms with E-state index in [-0.39, 0.29) is 0 Å². The van der Waals surface area contributed by atoms with Crippen molar-refractivity contribution in [1.82, 2.24) is 15.1 Å². The third-order valence-electron chi connectivity index (χ3n) is 4.43. The first-order chi connectivity index (χ1) is 10.3. The smallest absolute Gasteiger partial charge is 0.0594 e. The van der Waals surface area contributed by atoms with Crippen molar-refractivity contribution in [2.45, 2.75) is 6.04 Å². The molecule has 0 saturated carbocycles. The summed E-state index contributed by atoms with van der Waals surface area (Å²) in [7, 11) is 0. The maximum atomic E-state index is 6.39. The number of morpholine rings is 1. The molecular formula is C16H24ClN3O. The van der Waals surface area contributed by atoms with E-state index >= 15 is 0 Å². The number of hydrogen-bond donors (Lipinski definition) is 1. The summed E-state index contributed by atoms with van der Waals surface area (Å²) in [6.45, 7) is 9.19. The van der Waals surface area contributed by atoms with Crippen LogP contribution in [0.25, 0.3) is 0 Å². The molecule has 2 fully saturated rings. The molecule has 21 heavy (non-hydrogen) atoms. The van der Waals surface area contributed by atoms with Crippen LogP contribution in [-0.2, 0) is 4.74 Å². The fraction of sp³-hybridized carbons (Fsp3) is 0.625. The van der Waals surface area contributed by atoms with E-state index in [1.165, 1.54) is 5.56 Å². The van der Waals surface area contributed by atoms with Crippen LogP contribution in [-0.4, -0.2) is 68.8 Å². The van der Waals surface area contributed by atoms with Crippen molar-refractivity contribution < 1.29 is 4.74 Å². The topological polar surface area (TPSA) is 27.7 Å². The lowest BCUT2D eigenvalue weighted by molar-refractivity contribution is 0.0291. The monoisotopic (exact) mass is 309 g/mol. The highest BCUT2D eigenvalue weighted by Crippen LogP contribution is 2.28. The van der Waals surface area contributed by atoms with Gasteiger partial charge in [-0.05, 0) is 11.6 Å². The number of rotatable bonds is 4.